The van der Waals surface area contributed by atoms with Gasteiger partial charge in [-0.1, -0.05) is 0 Å². The first kappa shape index (κ1) is 12.7. The van der Waals surface area contributed by atoms with Crippen LogP contribution >= 0.6 is 0 Å². The predicted octanol–water partition coefficient (Wildman–Crippen LogP) is 1.83. The second-order valence-electron chi connectivity index (χ2n) is 4.25. The van der Waals surface area contributed by atoms with Gasteiger partial charge in [-0.25, -0.2) is 4.79 Å². The summed E-state index contributed by atoms with van der Waals surface area (Å²) in [6.45, 7) is 0.947. The van der Waals surface area contributed by atoms with Crippen LogP contribution in [0.25, 0.3) is 0 Å². The quantitative estimate of drug-likeness (QED) is 0.854. The lowest BCUT2D eigenvalue weighted by atomic mass is 10.0. The summed E-state index contributed by atoms with van der Waals surface area (Å²) in [7, 11) is 3.03. The van der Waals surface area contributed by atoms with E-state index in [1.807, 2.05) is 0 Å². The van der Waals surface area contributed by atoms with E-state index in [4.69, 9.17) is 9.47 Å². The Bertz CT molecular complexity index is 453. The van der Waals surface area contributed by atoms with Crippen LogP contribution in [0, 0.1) is 0 Å². The van der Waals surface area contributed by atoms with Gasteiger partial charge in [-0.05, 0) is 25.5 Å². The SMILES string of the molecule is COc1cc(OC)c(C2CCCN2)cc1C(=O)O. The van der Waals surface area contributed by atoms with E-state index in [-0.39, 0.29) is 11.6 Å². The largest absolute Gasteiger partial charge is 0.496 e. The van der Waals surface area contributed by atoms with Crippen molar-refractivity contribution in [1.82, 2.24) is 5.32 Å². The van der Waals surface area contributed by atoms with Crippen molar-refractivity contribution in [2.75, 3.05) is 20.8 Å². The van der Waals surface area contributed by atoms with Crippen molar-refractivity contribution in [2.24, 2.45) is 0 Å². The number of aromatic carboxylic acids is 1. The summed E-state index contributed by atoms with van der Waals surface area (Å²) in [6.07, 6.45) is 2.07. The lowest BCUT2D eigenvalue weighted by Crippen LogP contribution is -2.15. The minimum atomic E-state index is -0.992. The van der Waals surface area contributed by atoms with E-state index in [2.05, 4.69) is 5.32 Å². The molecule has 0 aromatic heterocycles. The topological polar surface area (TPSA) is 67.8 Å². The maximum absolute atomic E-state index is 11.2. The maximum Gasteiger partial charge on any atom is 0.339 e. The van der Waals surface area contributed by atoms with Gasteiger partial charge in [0.2, 0.25) is 0 Å². The molecular formula is C13H17NO4. The molecule has 1 heterocycles. The standard InChI is InChI=1S/C13H17NO4/c1-17-11-7-12(18-2)9(13(15)16)6-8(11)10-4-3-5-14-10/h6-7,10,14H,3-5H2,1-2H3,(H,15,16). The zero-order valence-electron chi connectivity index (χ0n) is 10.5. The van der Waals surface area contributed by atoms with Gasteiger partial charge in [0.1, 0.15) is 17.1 Å². The molecule has 0 saturated carbocycles. The monoisotopic (exact) mass is 251 g/mol. The third-order valence-electron chi connectivity index (χ3n) is 3.22. The number of hydrogen-bond acceptors (Lipinski definition) is 4. The molecule has 18 heavy (non-hydrogen) atoms. The van der Waals surface area contributed by atoms with Crippen molar-refractivity contribution in [3.05, 3.63) is 23.3 Å². The highest BCUT2D eigenvalue weighted by atomic mass is 16.5. The molecule has 2 N–H and O–H groups in total. The normalized spacial score (nSPS) is 18.7. The first-order valence-electron chi connectivity index (χ1n) is 5.90. The smallest absolute Gasteiger partial charge is 0.339 e. The van der Waals surface area contributed by atoms with Crippen LogP contribution < -0.4 is 14.8 Å². The average molecular weight is 251 g/mol. The molecule has 0 aliphatic carbocycles. The molecule has 1 aromatic carbocycles. The lowest BCUT2D eigenvalue weighted by Gasteiger charge is -2.17. The summed E-state index contributed by atoms with van der Waals surface area (Å²) in [5, 5.41) is 12.5. The number of carboxylic acid groups (broad SMARTS) is 1. The molecule has 1 aliphatic rings. The number of methoxy groups -OCH3 is 2. The minimum absolute atomic E-state index is 0.156. The van der Waals surface area contributed by atoms with Gasteiger partial charge in [0.05, 0.1) is 14.2 Å². The van der Waals surface area contributed by atoms with Crippen LogP contribution in [0.5, 0.6) is 11.5 Å². The van der Waals surface area contributed by atoms with Gasteiger partial charge in [-0.3, -0.25) is 0 Å². The zero-order chi connectivity index (χ0) is 13.1. The number of ether oxygens (including phenoxy) is 2. The van der Waals surface area contributed by atoms with Crippen molar-refractivity contribution in [3.8, 4) is 11.5 Å². The fourth-order valence-electron chi connectivity index (χ4n) is 2.31. The zero-order valence-corrected chi connectivity index (χ0v) is 10.5. The average Bonchev–Trinajstić information content (AvgIpc) is 2.90. The molecule has 1 atom stereocenters. The Morgan fingerprint density at radius 3 is 2.56 bits per heavy atom. The highest BCUT2D eigenvalue weighted by Gasteiger charge is 2.23. The van der Waals surface area contributed by atoms with Crippen molar-refractivity contribution in [3.63, 3.8) is 0 Å². The van der Waals surface area contributed by atoms with Gasteiger partial charge >= 0.3 is 5.97 Å². The first-order chi connectivity index (χ1) is 8.67. The number of carbonyl (C=O) groups is 1. The van der Waals surface area contributed by atoms with Gasteiger partial charge in [-0.2, -0.15) is 0 Å². The van der Waals surface area contributed by atoms with Crippen LogP contribution in [-0.2, 0) is 0 Å². The molecule has 1 aromatic rings. The highest BCUT2D eigenvalue weighted by molar-refractivity contribution is 5.91. The molecule has 0 bridgehead atoms. The van der Waals surface area contributed by atoms with E-state index >= 15 is 0 Å². The fourth-order valence-corrected chi connectivity index (χ4v) is 2.31. The van der Waals surface area contributed by atoms with E-state index in [1.165, 1.54) is 7.11 Å². The lowest BCUT2D eigenvalue weighted by molar-refractivity contribution is 0.0693. The first-order valence-corrected chi connectivity index (χ1v) is 5.90. The second-order valence-corrected chi connectivity index (χ2v) is 4.25. The third kappa shape index (κ3) is 2.26. The summed E-state index contributed by atoms with van der Waals surface area (Å²) >= 11 is 0. The molecule has 1 saturated heterocycles. The summed E-state index contributed by atoms with van der Waals surface area (Å²) in [5.41, 5.74) is 1.05. The second kappa shape index (κ2) is 5.27. The van der Waals surface area contributed by atoms with E-state index in [0.717, 1.165) is 24.9 Å². The Morgan fingerprint density at radius 2 is 2.06 bits per heavy atom. The van der Waals surface area contributed by atoms with Crippen LogP contribution in [0.2, 0.25) is 0 Å². The van der Waals surface area contributed by atoms with Crippen molar-refractivity contribution in [2.45, 2.75) is 18.9 Å². The summed E-state index contributed by atoms with van der Waals surface area (Å²) in [6, 6.07) is 3.44. The summed E-state index contributed by atoms with van der Waals surface area (Å²) in [5.74, 6) is -0.00824. The number of benzene rings is 1. The van der Waals surface area contributed by atoms with E-state index in [0.29, 0.717) is 11.5 Å². The van der Waals surface area contributed by atoms with E-state index in [9.17, 15) is 9.90 Å². The van der Waals surface area contributed by atoms with E-state index < -0.39 is 5.97 Å². The van der Waals surface area contributed by atoms with Gasteiger partial charge in [0.25, 0.3) is 0 Å². The van der Waals surface area contributed by atoms with Crippen molar-refractivity contribution < 1.29 is 19.4 Å². The highest BCUT2D eigenvalue weighted by Crippen LogP contribution is 2.36. The van der Waals surface area contributed by atoms with Crippen LogP contribution in [0.1, 0.15) is 34.8 Å². The van der Waals surface area contributed by atoms with Gasteiger partial charge in [0.15, 0.2) is 0 Å². The van der Waals surface area contributed by atoms with Crippen LogP contribution in [0.4, 0.5) is 0 Å². The van der Waals surface area contributed by atoms with Crippen LogP contribution in [0.3, 0.4) is 0 Å². The van der Waals surface area contributed by atoms with Gasteiger partial charge in [-0.15, -0.1) is 0 Å². The fraction of sp³-hybridized carbons (Fsp3) is 0.462. The number of rotatable bonds is 4. The Labute approximate surface area is 106 Å². The molecule has 1 aliphatic heterocycles. The van der Waals surface area contributed by atoms with Crippen molar-refractivity contribution in [1.29, 1.82) is 0 Å². The van der Waals surface area contributed by atoms with Gasteiger partial charge < -0.3 is 19.9 Å². The summed E-state index contributed by atoms with van der Waals surface area (Å²) in [4.78, 5) is 11.2. The van der Waals surface area contributed by atoms with Crippen molar-refractivity contribution >= 4 is 5.97 Å². The number of hydrogen-bond donors (Lipinski definition) is 2. The molecule has 2 rings (SSSR count). The molecule has 0 radical (unpaired) electrons. The Balaban J connectivity index is 2.49. The Kier molecular flexibility index (Phi) is 3.72. The molecule has 98 valence electrons. The Morgan fingerprint density at radius 1 is 1.33 bits per heavy atom. The minimum Gasteiger partial charge on any atom is -0.496 e. The maximum atomic E-state index is 11.2. The molecule has 1 unspecified atom stereocenters. The number of carboxylic acids is 1. The summed E-state index contributed by atoms with van der Waals surface area (Å²) < 4.78 is 10.4. The molecule has 5 nitrogen and oxygen atoms in total. The Hall–Kier alpha value is -1.75. The van der Waals surface area contributed by atoms with E-state index in [1.54, 1.807) is 19.2 Å². The predicted molar refractivity (Wildman–Crippen MR) is 66.5 cm³/mol. The van der Waals surface area contributed by atoms with Gasteiger partial charge in [0, 0.05) is 17.7 Å². The van der Waals surface area contributed by atoms with Crippen LogP contribution in [-0.4, -0.2) is 31.8 Å². The number of nitrogens with one attached hydrogen (secondary N) is 1. The molecular weight excluding hydrogens is 234 g/mol. The van der Waals surface area contributed by atoms with Crippen LogP contribution in [0.15, 0.2) is 12.1 Å². The molecule has 0 amide bonds. The molecule has 5 heteroatoms. The molecule has 0 spiro atoms. The third-order valence-corrected chi connectivity index (χ3v) is 3.22. The molecule has 1 fully saturated rings.